The minimum atomic E-state index is -0.0531. The highest BCUT2D eigenvalue weighted by atomic mass is 32.1. The average molecular weight is 439 g/mol. The van der Waals surface area contributed by atoms with Gasteiger partial charge in [-0.2, -0.15) is 0 Å². The molecule has 0 radical (unpaired) electrons. The number of carbonyl (C=O) groups excluding carboxylic acids is 1. The summed E-state index contributed by atoms with van der Waals surface area (Å²) in [4.78, 5) is 26.0. The average Bonchev–Trinajstić information content (AvgIpc) is 3.19. The third-order valence-electron chi connectivity index (χ3n) is 6.10. The van der Waals surface area contributed by atoms with Crippen LogP contribution in [0.4, 0.5) is 5.82 Å². The van der Waals surface area contributed by atoms with Crippen LogP contribution in [0.2, 0.25) is 0 Å². The van der Waals surface area contributed by atoms with Gasteiger partial charge in [0, 0.05) is 35.7 Å². The van der Waals surface area contributed by atoms with Crippen LogP contribution in [0.3, 0.4) is 0 Å². The first kappa shape index (κ1) is 21.6. The molecular weight excluding hydrogens is 408 g/mol. The van der Waals surface area contributed by atoms with Gasteiger partial charge in [-0.3, -0.25) is 4.79 Å². The second-order valence-electron chi connectivity index (χ2n) is 8.14. The molecule has 31 heavy (non-hydrogen) atoms. The van der Waals surface area contributed by atoms with Crippen molar-refractivity contribution in [3.63, 3.8) is 0 Å². The van der Waals surface area contributed by atoms with Crippen LogP contribution in [-0.2, 0) is 11.2 Å². The number of methoxy groups -OCH3 is 1. The quantitative estimate of drug-likeness (QED) is 0.606. The topological polar surface area (TPSA) is 67.4 Å². The van der Waals surface area contributed by atoms with Gasteiger partial charge in [0.15, 0.2) is 0 Å². The summed E-state index contributed by atoms with van der Waals surface area (Å²) < 4.78 is 5.30. The minimum absolute atomic E-state index is 0.0239. The zero-order valence-electron chi connectivity index (χ0n) is 18.6. The normalized spacial score (nSPS) is 15.8. The summed E-state index contributed by atoms with van der Waals surface area (Å²) in [5.41, 5.74) is 2.09. The molecule has 3 heterocycles. The van der Waals surface area contributed by atoms with E-state index in [2.05, 4.69) is 34.4 Å². The molecule has 7 heteroatoms. The molecule has 1 fully saturated rings. The first-order valence-corrected chi connectivity index (χ1v) is 11.8. The van der Waals surface area contributed by atoms with E-state index < -0.39 is 0 Å². The van der Waals surface area contributed by atoms with Gasteiger partial charge in [-0.1, -0.05) is 19.1 Å². The highest BCUT2D eigenvalue weighted by Gasteiger charge is 2.28. The number of ether oxygens (including phenoxy) is 1. The molecule has 1 aromatic carbocycles. The number of fused-ring (bicyclic) bond motifs is 1. The fourth-order valence-corrected chi connectivity index (χ4v) is 4.98. The number of amides is 1. The Balaban J connectivity index is 1.42. The largest absolute Gasteiger partial charge is 0.497 e. The molecule has 0 bridgehead atoms. The zero-order chi connectivity index (χ0) is 22.0. The highest BCUT2D eigenvalue weighted by Crippen LogP contribution is 2.34. The van der Waals surface area contributed by atoms with Crippen molar-refractivity contribution in [2.75, 3.05) is 25.1 Å². The minimum Gasteiger partial charge on any atom is -0.497 e. The molecule has 1 aliphatic heterocycles. The molecule has 6 nitrogen and oxygen atoms in total. The summed E-state index contributed by atoms with van der Waals surface area (Å²) in [6.45, 7) is 7.90. The van der Waals surface area contributed by atoms with Crippen LogP contribution < -0.4 is 15.0 Å². The first-order valence-electron chi connectivity index (χ1n) is 10.9. The van der Waals surface area contributed by atoms with E-state index in [4.69, 9.17) is 9.72 Å². The van der Waals surface area contributed by atoms with Crippen LogP contribution >= 0.6 is 11.3 Å². The predicted octanol–water partition coefficient (Wildman–Crippen LogP) is 4.66. The molecule has 1 atom stereocenters. The Kier molecular flexibility index (Phi) is 6.41. The fraction of sp³-hybridized carbons (Fsp3) is 0.458. The Morgan fingerprint density at radius 2 is 2.10 bits per heavy atom. The van der Waals surface area contributed by atoms with Crippen molar-refractivity contribution in [1.82, 2.24) is 15.3 Å². The molecular formula is C24H30N4O2S. The highest BCUT2D eigenvalue weighted by molar-refractivity contribution is 7.11. The van der Waals surface area contributed by atoms with E-state index in [9.17, 15) is 4.79 Å². The summed E-state index contributed by atoms with van der Waals surface area (Å²) in [6, 6.07) is 7.81. The van der Waals surface area contributed by atoms with Crippen molar-refractivity contribution in [2.45, 2.75) is 46.1 Å². The molecule has 4 rings (SSSR count). The van der Waals surface area contributed by atoms with E-state index in [1.807, 2.05) is 31.2 Å². The number of benzene rings is 1. The molecule has 0 aliphatic carbocycles. The lowest BCUT2D eigenvalue weighted by Gasteiger charge is -2.33. The maximum atomic E-state index is 12.9. The van der Waals surface area contributed by atoms with E-state index in [0.29, 0.717) is 0 Å². The van der Waals surface area contributed by atoms with Gasteiger partial charge in [0.25, 0.3) is 0 Å². The Hall–Kier alpha value is -2.67. The van der Waals surface area contributed by atoms with Crippen LogP contribution in [-0.4, -0.2) is 36.1 Å². The van der Waals surface area contributed by atoms with Gasteiger partial charge in [0.05, 0.1) is 24.1 Å². The summed E-state index contributed by atoms with van der Waals surface area (Å²) >= 11 is 1.73. The van der Waals surface area contributed by atoms with E-state index in [-0.39, 0.29) is 17.9 Å². The molecule has 164 valence electrons. The molecule has 1 N–H and O–H groups in total. The van der Waals surface area contributed by atoms with Crippen LogP contribution in [0, 0.1) is 12.8 Å². The third kappa shape index (κ3) is 4.51. The number of nitrogens with one attached hydrogen (secondary N) is 1. The van der Waals surface area contributed by atoms with Crippen molar-refractivity contribution < 1.29 is 9.53 Å². The maximum Gasteiger partial charge on any atom is 0.223 e. The zero-order valence-corrected chi connectivity index (χ0v) is 19.5. The number of rotatable bonds is 6. The number of thiophene rings is 1. The van der Waals surface area contributed by atoms with E-state index in [1.54, 1.807) is 18.4 Å². The van der Waals surface area contributed by atoms with Crippen molar-refractivity contribution in [1.29, 1.82) is 0 Å². The Labute approximate surface area is 187 Å². The number of carbonyl (C=O) groups is 1. The summed E-state index contributed by atoms with van der Waals surface area (Å²) in [7, 11) is 1.66. The second kappa shape index (κ2) is 9.22. The van der Waals surface area contributed by atoms with E-state index in [0.717, 1.165) is 66.2 Å². The Morgan fingerprint density at radius 1 is 1.32 bits per heavy atom. The van der Waals surface area contributed by atoms with E-state index in [1.165, 1.54) is 4.88 Å². The molecule has 0 unspecified atom stereocenters. The number of hydrogen-bond acceptors (Lipinski definition) is 6. The molecule has 1 amide bonds. The van der Waals surface area contributed by atoms with Crippen molar-refractivity contribution >= 4 is 34.0 Å². The molecule has 0 spiro atoms. The number of piperidine rings is 1. The molecule has 2 aromatic heterocycles. The standard InChI is InChI=1S/C24H30N4O2S/c1-5-21-26-20-14-31-16(3)22(20)23(27-21)28-11-9-17(10-12-28)24(29)25-15(2)18-7-6-8-19(13-18)30-4/h6-8,13-15,17H,5,9-12H2,1-4H3,(H,25,29)/t15-/m1/s1. The monoisotopic (exact) mass is 438 g/mol. The van der Waals surface area contributed by atoms with Crippen LogP contribution in [0.15, 0.2) is 29.6 Å². The van der Waals surface area contributed by atoms with Gasteiger partial charge >= 0.3 is 0 Å². The van der Waals surface area contributed by atoms with Gasteiger partial charge in [-0.15, -0.1) is 11.3 Å². The lowest BCUT2D eigenvalue weighted by molar-refractivity contribution is -0.126. The smallest absolute Gasteiger partial charge is 0.223 e. The van der Waals surface area contributed by atoms with Gasteiger partial charge in [0.1, 0.15) is 17.4 Å². The number of nitrogens with zero attached hydrogens (tertiary/aromatic N) is 3. The van der Waals surface area contributed by atoms with Gasteiger partial charge in [-0.25, -0.2) is 9.97 Å². The SMILES string of the molecule is CCc1nc(N2CCC(C(=O)N[C@H](C)c3cccc(OC)c3)CC2)c2c(C)scc2n1. The third-order valence-corrected chi connectivity index (χ3v) is 7.00. The first-order chi connectivity index (χ1) is 15.0. The van der Waals surface area contributed by atoms with Crippen molar-refractivity contribution in [3.8, 4) is 5.75 Å². The fourth-order valence-electron chi connectivity index (χ4n) is 4.20. The lowest BCUT2D eigenvalue weighted by Crippen LogP contribution is -2.41. The molecule has 0 saturated carbocycles. The predicted molar refractivity (Wildman–Crippen MR) is 126 cm³/mol. The van der Waals surface area contributed by atoms with Gasteiger partial charge in [0.2, 0.25) is 5.91 Å². The Bertz CT molecular complexity index is 1070. The summed E-state index contributed by atoms with van der Waals surface area (Å²) in [6.07, 6.45) is 2.47. The van der Waals surface area contributed by atoms with Gasteiger partial charge < -0.3 is 15.0 Å². The second-order valence-corrected chi connectivity index (χ2v) is 9.22. The summed E-state index contributed by atoms with van der Waals surface area (Å²) in [5.74, 6) is 2.87. The van der Waals surface area contributed by atoms with Crippen molar-refractivity contribution in [2.24, 2.45) is 5.92 Å². The number of aromatic nitrogens is 2. The Morgan fingerprint density at radius 3 is 2.81 bits per heavy atom. The van der Waals surface area contributed by atoms with Gasteiger partial charge in [-0.05, 0) is 44.4 Å². The molecule has 1 saturated heterocycles. The van der Waals surface area contributed by atoms with E-state index >= 15 is 0 Å². The maximum absolute atomic E-state index is 12.9. The lowest BCUT2D eigenvalue weighted by atomic mass is 9.95. The van der Waals surface area contributed by atoms with Crippen LogP contribution in [0.1, 0.15) is 49.0 Å². The number of anilines is 1. The molecule has 1 aliphatic rings. The number of aryl methyl sites for hydroxylation is 2. The molecule has 3 aromatic rings. The van der Waals surface area contributed by atoms with Crippen molar-refractivity contribution in [3.05, 3.63) is 45.9 Å². The van der Waals surface area contributed by atoms with Crippen LogP contribution in [0.5, 0.6) is 5.75 Å². The van der Waals surface area contributed by atoms with Crippen LogP contribution in [0.25, 0.3) is 10.9 Å². The summed E-state index contributed by atoms with van der Waals surface area (Å²) in [5, 5.41) is 6.47. The number of hydrogen-bond donors (Lipinski definition) is 1.